The van der Waals surface area contributed by atoms with Crippen molar-refractivity contribution in [2.75, 3.05) is 59.1 Å². The Hall–Kier alpha value is -2.21. The van der Waals surface area contributed by atoms with E-state index in [1.165, 1.54) is 6.92 Å². The summed E-state index contributed by atoms with van der Waals surface area (Å²) in [6.45, 7) is 7.14. The van der Waals surface area contributed by atoms with E-state index in [0.717, 1.165) is 18.2 Å². The Balaban J connectivity index is 2.58. The van der Waals surface area contributed by atoms with Gasteiger partial charge in [0.05, 0.1) is 58.1 Å². The highest BCUT2D eigenvalue weighted by Gasteiger charge is 2.18. The van der Waals surface area contributed by atoms with E-state index in [9.17, 15) is 18.0 Å². The lowest BCUT2D eigenvalue weighted by Crippen LogP contribution is -2.15. The quantitative estimate of drug-likeness (QED) is 0.110. The summed E-state index contributed by atoms with van der Waals surface area (Å²) in [4.78, 5) is 23.7. The molecule has 1 aromatic rings. The highest BCUT2D eigenvalue weighted by Crippen LogP contribution is 2.34. The number of hydrogen-bond donors (Lipinski definition) is 0. The third kappa shape index (κ3) is 13.5. The molecule has 1 aromatic carbocycles. The van der Waals surface area contributed by atoms with Gasteiger partial charge in [0.15, 0.2) is 5.78 Å². The lowest BCUT2D eigenvalue weighted by Gasteiger charge is -2.19. The van der Waals surface area contributed by atoms with Crippen LogP contribution in [0.5, 0.6) is 11.5 Å². The average molecular weight is 519 g/mol. The molecule has 35 heavy (non-hydrogen) atoms. The van der Waals surface area contributed by atoms with E-state index in [0.29, 0.717) is 49.7 Å². The highest BCUT2D eigenvalue weighted by molar-refractivity contribution is 7.85. The van der Waals surface area contributed by atoms with Crippen molar-refractivity contribution >= 4 is 21.9 Å². The SMILES string of the molecule is CCCc1c(OCCCC(=O)OCC)ccc(C(C)=O)c1OCCOCCOCCOS(C)(=O)=O. The molecular weight excluding hydrogens is 480 g/mol. The number of benzene rings is 1. The van der Waals surface area contributed by atoms with Crippen LogP contribution in [-0.4, -0.2) is 79.3 Å². The fraction of sp³-hybridized carbons (Fsp3) is 0.667. The molecule has 0 unspecified atom stereocenters. The summed E-state index contributed by atoms with van der Waals surface area (Å²) in [5.41, 5.74) is 1.28. The van der Waals surface area contributed by atoms with Gasteiger partial charge in [0.1, 0.15) is 18.1 Å². The topological polar surface area (TPSA) is 124 Å². The van der Waals surface area contributed by atoms with Crippen LogP contribution in [0.2, 0.25) is 0 Å². The Morgan fingerprint density at radius 1 is 0.886 bits per heavy atom. The molecule has 0 aliphatic rings. The predicted octanol–water partition coefficient (Wildman–Crippen LogP) is 2.95. The van der Waals surface area contributed by atoms with Gasteiger partial charge < -0.3 is 23.7 Å². The second kappa shape index (κ2) is 17.3. The summed E-state index contributed by atoms with van der Waals surface area (Å²) in [5.74, 6) is 0.742. The molecule has 0 aliphatic heterocycles. The molecule has 0 saturated carbocycles. The van der Waals surface area contributed by atoms with Gasteiger partial charge in [0, 0.05) is 12.0 Å². The maximum absolute atomic E-state index is 12.2. The number of Topliss-reactive ketones (excluding diaryl/α,β-unsaturated/α-hetero) is 1. The molecule has 11 heteroatoms. The monoisotopic (exact) mass is 518 g/mol. The smallest absolute Gasteiger partial charge is 0.305 e. The van der Waals surface area contributed by atoms with E-state index >= 15 is 0 Å². The zero-order chi connectivity index (χ0) is 26.1. The van der Waals surface area contributed by atoms with Gasteiger partial charge in [-0.15, -0.1) is 0 Å². The zero-order valence-electron chi connectivity index (χ0n) is 21.1. The average Bonchev–Trinajstić information content (AvgIpc) is 2.78. The zero-order valence-corrected chi connectivity index (χ0v) is 21.9. The molecule has 0 saturated heterocycles. The van der Waals surface area contributed by atoms with Crippen molar-refractivity contribution in [2.45, 2.75) is 46.5 Å². The molecule has 0 aliphatic carbocycles. The molecule has 0 N–H and O–H groups in total. The van der Waals surface area contributed by atoms with Crippen LogP contribution in [-0.2, 0) is 39.7 Å². The molecule has 0 aromatic heterocycles. The molecule has 0 radical (unpaired) electrons. The van der Waals surface area contributed by atoms with E-state index in [1.807, 2.05) is 6.92 Å². The van der Waals surface area contributed by atoms with Crippen LogP contribution in [0.3, 0.4) is 0 Å². The van der Waals surface area contributed by atoms with Crippen LogP contribution in [0.1, 0.15) is 56.0 Å². The van der Waals surface area contributed by atoms with Crippen LogP contribution in [0, 0.1) is 0 Å². The first-order chi connectivity index (χ1) is 16.7. The third-order valence-electron chi connectivity index (χ3n) is 4.56. The maximum Gasteiger partial charge on any atom is 0.305 e. The molecule has 0 amide bonds. The number of hydrogen-bond acceptors (Lipinski definition) is 10. The van der Waals surface area contributed by atoms with E-state index in [2.05, 4.69) is 4.18 Å². The van der Waals surface area contributed by atoms with E-state index in [-0.39, 0.29) is 51.2 Å². The van der Waals surface area contributed by atoms with Gasteiger partial charge in [-0.05, 0) is 38.8 Å². The number of ketones is 1. The maximum atomic E-state index is 12.2. The lowest BCUT2D eigenvalue weighted by atomic mass is 10.0. The number of rotatable bonds is 20. The Morgan fingerprint density at radius 2 is 1.54 bits per heavy atom. The summed E-state index contributed by atoms with van der Waals surface area (Å²) >= 11 is 0. The minimum absolute atomic E-state index is 0.0444. The predicted molar refractivity (Wildman–Crippen MR) is 130 cm³/mol. The van der Waals surface area contributed by atoms with Crippen molar-refractivity contribution in [3.8, 4) is 11.5 Å². The summed E-state index contributed by atoms with van der Waals surface area (Å²) in [6, 6.07) is 3.45. The van der Waals surface area contributed by atoms with Crippen molar-refractivity contribution in [1.29, 1.82) is 0 Å². The molecule has 0 spiro atoms. The van der Waals surface area contributed by atoms with Gasteiger partial charge in [-0.1, -0.05) is 13.3 Å². The Labute approximate surface area is 208 Å². The molecule has 200 valence electrons. The van der Waals surface area contributed by atoms with Gasteiger partial charge in [-0.2, -0.15) is 8.42 Å². The molecule has 0 atom stereocenters. The van der Waals surface area contributed by atoms with E-state index < -0.39 is 10.1 Å². The van der Waals surface area contributed by atoms with E-state index in [4.69, 9.17) is 23.7 Å². The van der Waals surface area contributed by atoms with Gasteiger partial charge in [-0.25, -0.2) is 0 Å². The number of carbonyl (C=O) groups is 2. The van der Waals surface area contributed by atoms with Gasteiger partial charge in [0.2, 0.25) is 0 Å². The number of esters is 1. The fourth-order valence-electron chi connectivity index (χ4n) is 3.07. The Kier molecular flexibility index (Phi) is 15.2. The summed E-state index contributed by atoms with van der Waals surface area (Å²) < 4.78 is 53.8. The summed E-state index contributed by atoms with van der Waals surface area (Å²) in [7, 11) is -3.47. The van der Waals surface area contributed by atoms with E-state index in [1.54, 1.807) is 19.1 Å². The Bertz CT molecular complexity index is 883. The first-order valence-corrected chi connectivity index (χ1v) is 13.6. The molecular formula is C24H38O10S. The molecule has 0 heterocycles. The summed E-state index contributed by atoms with van der Waals surface area (Å²) in [5, 5.41) is 0. The standard InChI is InChI=1S/C24H38O10S/c1-5-8-21-22(32-12-7-9-23(26)31-6-2)11-10-20(19(3)25)24(21)33-17-15-29-13-14-30-16-18-34-35(4,27)28/h10-11H,5-9,12-18H2,1-4H3. The molecule has 0 fully saturated rings. The summed E-state index contributed by atoms with van der Waals surface area (Å²) in [6.07, 6.45) is 3.26. The van der Waals surface area contributed by atoms with Crippen LogP contribution >= 0.6 is 0 Å². The second-order valence-electron chi connectivity index (χ2n) is 7.58. The van der Waals surface area contributed by atoms with Gasteiger partial charge >= 0.3 is 5.97 Å². The highest BCUT2D eigenvalue weighted by atomic mass is 32.2. The van der Waals surface area contributed by atoms with Crippen molar-refractivity contribution in [3.63, 3.8) is 0 Å². The van der Waals surface area contributed by atoms with Crippen LogP contribution < -0.4 is 9.47 Å². The largest absolute Gasteiger partial charge is 0.493 e. The first kappa shape index (κ1) is 30.8. The van der Waals surface area contributed by atoms with Crippen molar-refractivity contribution in [2.24, 2.45) is 0 Å². The van der Waals surface area contributed by atoms with Gasteiger partial charge in [0.25, 0.3) is 10.1 Å². The van der Waals surface area contributed by atoms with Crippen molar-refractivity contribution in [3.05, 3.63) is 23.3 Å². The lowest BCUT2D eigenvalue weighted by molar-refractivity contribution is -0.143. The van der Waals surface area contributed by atoms with Crippen molar-refractivity contribution < 1.29 is 45.9 Å². The third-order valence-corrected chi connectivity index (χ3v) is 5.15. The minimum Gasteiger partial charge on any atom is -0.493 e. The van der Waals surface area contributed by atoms with Crippen LogP contribution in [0.25, 0.3) is 0 Å². The van der Waals surface area contributed by atoms with Crippen LogP contribution in [0.4, 0.5) is 0 Å². The number of carbonyl (C=O) groups excluding carboxylic acids is 2. The fourth-order valence-corrected chi connectivity index (χ4v) is 3.45. The first-order valence-electron chi connectivity index (χ1n) is 11.8. The normalized spacial score (nSPS) is 11.3. The molecule has 10 nitrogen and oxygen atoms in total. The minimum atomic E-state index is -3.47. The van der Waals surface area contributed by atoms with Crippen molar-refractivity contribution in [1.82, 2.24) is 0 Å². The molecule has 0 bridgehead atoms. The number of ether oxygens (including phenoxy) is 5. The second-order valence-corrected chi connectivity index (χ2v) is 9.23. The Morgan fingerprint density at radius 3 is 2.14 bits per heavy atom. The molecule has 1 rings (SSSR count). The van der Waals surface area contributed by atoms with Gasteiger partial charge in [-0.3, -0.25) is 13.8 Å². The van der Waals surface area contributed by atoms with Crippen LogP contribution in [0.15, 0.2) is 12.1 Å².